The maximum Gasteiger partial charge on any atom is 0.269 e. The summed E-state index contributed by atoms with van der Waals surface area (Å²) in [7, 11) is 0. The van der Waals surface area contributed by atoms with Crippen molar-refractivity contribution < 1.29 is 14.5 Å². The molecule has 154 valence electrons. The van der Waals surface area contributed by atoms with Gasteiger partial charge in [0.25, 0.3) is 11.6 Å². The lowest BCUT2D eigenvalue weighted by Crippen LogP contribution is -2.14. The molecule has 0 aliphatic heterocycles. The number of nitrogens with one attached hydrogen (secondary N) is 2. The molecule has 0 spiro atoms. The summed E-state index contributed by atoms with van der Waals surface area (Å²) in [6.45, 7) is 3.92. The number of benzene rings is 2. The third-order valence-electron chi connectivity index (χ3n) is 3.95. The van der Waals surface area contributed by atoms with Crippen molar-refractivity contribution in [3.8, 4) is 0 Å². The molecule has 9 nitrogen and oxygen atoms in total. The van der Waals surface area contributed by atoms with E-state index in [1.165, 1.54) is 36.0 Å². The first-order valence-corrected chi connectivity index (χ1v) is 10.5. The number of nitrogens with zero attached hydrogens (tertiary/aromatic N) is 3. The minimum absolute atomic E-state index is 0.0970. The fraction of sp³-hybridized carbons (Fsp3) is 0.158. The molecule has 2 N–H and O–H groups in total. The third kappa shape index (κ3) is 5.61. The molecular formula is C19H17N5O4S2. The number of aryl methyl sites for hydroxylation is 2. The second-order valence-corrected chi connectivity index (χ2v) is 8.49. The van der Waals surface area contributed by atoms with E-state index in [1.807, 2.05) is 32.0 Å². The number of hydrogen-bond acceptors (Lipinski definition) is 8. The average molecular weight is 444 g/mol. The molecule has 0 atom stereocenters. The van der Waals surface area contributed by atoms with Crippen LogP contribution in [0, 0.1) is 24.0 Å². The number of thioether (sulfide) groups is 1. The SMILES string of the molecule is Cc1ccc(NC(=O)CSc2nnc(NC(=O)c3ccc([N+](=O)[O-])cc3)s2)c(C)c1. The number of amides is 2. The molecule has 0 unspecified atom stereocenters. The maximum atomic E-state index is 12.2. The van der Waals surface area contributed by atoms with Gasteiger partial charge in [-0.3, -0.25) is 25.0 Å². The Morgan fingerprint density at radius 2 is 1.83 bits per heavy atom. The second kappa shape index (κ2) is 9.46. The number of carbonyl (C=O) groups is 2. The number of hydrogen-bond donors (Lipinski definition) is 2. The summed E-state index contributed by atoms with van der Waals surface area (Å²) in [6.07, 6.45) is 0. The van der Waals surface area contributed by atoms with E-state index in [9.17, 15) is 19.7 Å². The summed E-state index contributed by atoms with van der Waals surface area (Å²) in [6, 6.07) is 11.0. The van der Waals surface area contributed by atoms with Crippen molar-refractivity contribution in [3.05, 3.63) is 69.3 Å². The van der Waals surface area contributed by atoms with E-state index in [1.54, 1.807) is 0 Å². The summed E-state index contributed by atoms with van der Waals surface area (Å²) < 4.78 is 0.532. The van der Waals surface area contributed by atoms with Gasteiger partial charge in [-0.2, -0.15) is 0 Å². The molecule has 2 amide bonds. The van der Waals surface area contributed by atoms with Crippen molar-refractivity contribution >= 4 is 51.4 Å². The van der Waals surface area contributed by atoms with Crippen molar-refractivity contribution in [1.29, 1.82) is 0 Å². The van der Waals surface area contributed by atoms with Crippen molar-refractivity contribution in [1.82, 2.24) is 10.2 Å². The molecule has 11 heteroatoms. The van der Waals surface area contributed by atoms with Crippen LogP contribution in [0.25, 0.3) is 0 Å². The zero-order valence-corrected chi connectivity index (χ0v) is 17.7. The van der Waals surface area contributed by atoms with Gasteiger partial charge in [0.05, 0.1) is 10.7 Å². The molecule has 0 fully saturated rings. The lowest BCUT2D eigenvalue weighted by molar-refractivity contribution is -0.384. The first kappa shape index (κ1) is 21.4. The Labute approximate surface area is 180 Å². The zero-order chi connectivity index (χ0) is 21.7. The number of non-ortho nitro benzene ring substituents is 1. The van der Waals surface area contributed by atoms with Crippen LogP contribution >= 0.6 is 23.1 Å². The van der Waals surface area contributed by atoms with Gasteiger partial charge in [0, 0.05) is 23.4 Å². The number of rotatable bonds is 7. The highest BCUT2D eigenvalue weighted by Gasteiger charge is 2.14. The highest BCUT2D eigenvalue weighted by Crippen LogP contribution is 2.26. The largest absolute Gasteiger partial charge is 0.325 e. The first-order valence-electron chi connectivity index (χ1n) is 8.71. The lowest BCUT2D eigenvalue weighted by atomic mass is 10.1. The standard InChI is InChI=1S/C19H17N5O4S2/c1-11-3-8-15(12(2)9-11)20-16(25)10-29-19-23-22-18(30-19)21-17(26)13-4-6-14(7-5-13)24(27)28/h3-9H,10H2,1-2H3,(H,20,25)(H,21,22,26). The molecule has 0 aliphatic rings. The normalized spacial score (nSPS) is 10.5. The molecule has 2 aromatic carbocycles. The quantitative estimate of drug-likeness (QED) is 0.244. The van der Waals surface area contributed by atoms with Crippen LogP contribution in [0.5, 0.6) is 0 Å². The third-order valence-corrected chi connectivity index (χ3v) is 5.92. The Morgan fingerprint density at radius 1 is 1.10 bits per heavy atom. The lowest BCUT2D eigenvalue weighted by Gasteiger charge is -2.08. The van der Waals surface area contributed by atoms with E-state index in [-0.39, 0.29) is 28.0 Å². The summed E-state index contributed by atoms with van der Waals surface area (Å²) in [5.74, 6) is -0.470. The van der Waals surface area contributed by atoms with Crippen LogP contribution in [-0.2, 0) is 4.79 Å². The van der Waals surface area contributed by atoms with E-state index in [2.05, 4.69) is 20.8 Å². The molecule has 0 aliphatic carbocycles. The molecule has 30 heavy (non-hydrogen) atoms. The van der Waals surface area contributed by atoms with Gasteiger partial charge < -0.3 is 5.32 Å². The zero-order valence-electron chi connectivity index (χ0n) is 16.0. The highest BCUT2D eigenvalue weighted by molar-refractivity contribution is 8.01. The van der Waals surface area contributed by atoms with Gasteiger partial charge >= 0.3 is 0 Å². The van der Waals surface area contributed by atoms with Crippen molar-refractivity contribution in [3.63, 3.8) is 0 Å². The van der Waals surface area contributed by atoms with E-state index in [0.29, 0.717) is 4.34 Å². The molecule has 0 saturated carbocycles. The fourth-order valence-electron chi connectivity index (χ4n) is 2.49. The smallest absolute Gasteiger partial charge is 0.269 e. The monoisotopic (exact) mass is 443 g/mol. The Kier molecular flexibility index (Phi) is 6.75. The van der Waals surface area contributed by atoms with Gasteiger partial charge in [-0.05, 0) is 37.6 Å². The van der Waals surface area contributed by atoms with Crippen LogP contribution in [0.2, 0.25) is 0 Å². The van der Waals surface area contributed by atoms with Gasteiger partial charge in [0.1, 0.15) is 0 Å². The van der Waals surface area contributed by atoms with E-state index < -0.39 is 10.8 Å². The number of nitro benzene ring substituents is 1. The number of nitro groups is 1. The predicted octanol–water partition coefficient (Wildman–Crippen LogP) is 4.05. The van der Waals surface area contributed by atoms with Gasteiger partial charge in [0.15, 0.2) is 4.34 Å². The van der Waals surface area contributed by atoms with Crippen LogP contribution in [0.3, 0.4) is 0 Å². The fourth-order valence-corrected chi connectivity index (χ4v) is 4.04. The van der Waals surface area contributed by atoms with Crippen LogP contribution in [0.15, 0.2) is 46.8 Å². The Bertz CT molecular complexity index is 1100. The van der Waals surface area contributed by atoms with E-state index in [4.69, 9.17) is 0 Å². The molecule has 1 aromatic heterocycles. The Morgan fingerprint density at radius 3 is 2.50 bits per heavy atom. The molecule has 0 saturated heterocycles. The first-order chi connectivity index (χ1) is 14.3. The summed E-state index contributed by atoms with van der Waals surface area (Å²) >= 11 is 2.35. The number of carbonyl (C=O) groups excluding carboxylic acids is 2. The van der Waals surface area contributed by atoms with Gasteiger partial charge in [-0.25, -0.2) is 0 Å². The minimum atomic E-state index is -0.535. The van der Waals surface area contributed by atoms with Crippen molar-refractivity contribution in [2.75, 3.05) is 16.4 Å². The van der Waals surface area contributed by atoms with Gasteiger partial charge in [0.2, 0.25) is 11.0 Å². The Hall–Kier alpha value is -3.31. The minimum Gasteiger partial charge on any atom is -0.325 e. The van der Waals surface area contributed by atoms with Crippen molar-refractivity contribution in [2.45, 2.75) is 18.2 Å². The van der Waals surface area contributed by atoms with Crippen LogP contribution in [0.1, 0.15) is 21.5 Å². The molecule has 0 bridgehead atoms. The van der Waals surface area contributed by atoms with Gasteiger partial charge in [-0.15, -0.1) is 10.2 Å². The van der Waals surface area contributed by atoms with Crippen LogP contribution in [-0.4, -0.2) is 32.7 Å². The van der Waals surface area contributed by atoms with Crippen LogP contribution < -0.4 is 10.6 Å². The van der Waals surface area contributed by atoms with E-state index in [0.717, 1.165) is 28.2 Å². The summed E-state index contributed by atoms with van der Waals surface area (Å²) in [4.78, 5) is 34.5. The summed E-state index contributed by atoms with van der Waals surface area (Å²) in [5, 5.41) is 24.2. The topological polar surface area (TPSA) is 127 Å². The highest BCUT2D eigenvalue weighted by atomic mass is 32.2. The van der Waals surface area contributed by atoms with E-state index >= 15 is 0 Å². The molecular weight excluding hydrogens is 426 g/mol. The Balaban J connectivity index is 1.52. The summed E-state index contributed by atoms with van der Waals surface area (Å²) in [5.41, 5.74) is 3.04. The second-order valence-electron chi connectivity index (χ2n) is 6.29. The maximum absolute atomic E-state index is 12.2. The number of anilines is 2. The van der Waals surface area contributed by atoms with Crippen molar-refractivity contribution in [2.24, 2.45) is 0 Å². The molecule has 0 radical (unpaired) electrons. The molecule has 3 aromatic rings. The predicted molar refractivity (Wildman–Crippen MR) is 116 cm³/mol. The molecule has 3 rings (SSSR count). The van der Waals surface area contributed by atoms with Crippen LogP contribution in [0.4, 0.5) is 16.5 Å². The average Bonchev–Trinajstić information content (AvgIpc) is 3.16. The number of aromatic nitrogens is 2. The van der Waals surface area contributed by atoms with Gasteiger partial charge in [-0.1, -0.05) is 40.8 Å². The molecule has 1 heterocycles.